The van der Waals surface area contributed by atoms with Crippen molar-refractivity contribution in [3.63, 3.8) is 0 Å². The third-order valence-corrected chi connectivity index (χ3v) is 4.38. The van der Waals surface area contributed by atoms with Gasteiger partial charge in [0.15, 0.2) is 6.61 Å². The molecule has 1 aliphatic carbocycles. The lowest BCUT2D eigenvalue weighted by molar-refractivity contribution is -0.428. The second-order valence-corrected chi connectivity index (χ2v) is 6.46. The SMILES string of the molecule is O=C(OC/C(=C\c1ccc(Br)cc1)[N+](=O)[O-])[C@H]1CC=CC[C@H]1C(=O)O. The van der Waals surface area contributed by atoms with Crippen LogP contribution in [0.2, 0.25) is 0 Å². The molecule has 0 unspecified atom stereocenters. The summed E-state index contributed by atoms with van der Waals surface area (Å²) in [4.78, 5) is 33.9. The van der Waals surface area contributed by atoms with Gasteiger partial charge >= 0.3 is 11.9 Å². The van der Waals surface area contributed by atoms with Gasteiger partial charge in [-0.15, -0.1) is 0 Å². The van der Waals surface area contributed by atoms with Crippen LogP contribution in [0.3, 0.4) is 0 Å². The molecule has 132 valence electrons. The van der Waals surface area contributed by atoms with Crippen molar-refractivity contribution in [2.45, 2.75) is 12.8 Å². The van der Waals surface area contributed by atoms with Crippen LogP contribution in [0.5, 0.6) is 0 Å². The zero-order valence-corrected chi connectivity index (χ0v) is 14.7. The molecule has 0 heterocycles. The summed E-state index contributed by atoms with van der Waals surface area (Å²) in [6, 6.07) is 6.84. The standard InChI is InChI=1S/C17H16BrNO6/c18-12-7-5-11(6-8-12)9-13(19(23)24)10-25-17(22)15-4-2-1-3-14(15)16(20)21/h1-2,5-9,14-15H,3-4,10H2,(H,20,21)/b13-9+/t14-,15+/m1/s1. The number of ether oxygens (including phenoxy) is 1. The molecule has 7 nitrogen and oxygen atoms in total. The molecule has 1 aromatic carbocycles. The van der Waals surface area contributed by atoms with Crippen molar-refractivity contribution in [3.8, 4) is 0 Å². The molecule has 0 amide bonds. The van der Waals surface area contributed by atoms with Crippen LogP contribution in [0, 0.1) is 22.0 Å². The Kier molecular flexibility index (Phi) is 6.46. The molecule has 8 heteroatoms. The molecule has 0 spiro atoms. The van der Waals surface area contributed by atoms with E-state index in [0.29, 0.717) is 5.56 Å². The van der Waals surface area contributed by atoms with Crippen LogP contribution in [0.15, 0.2) is 46.6 Å². The number of carboxylic acids is 1. The van der Waals surface area contributed by atoms with E-state index in [1.807, 2.05) is 0 Å². The number of allylic oxidation sites excluding steroid dienone is 2. The first-order valence-electron chi connectivity index (χ1n) is 7.53. The first kappa shape index (κ1) is 18.9. The topological polar surface area (TPSA) is 107 Å². The summed E-state index contributed by atoms with van der Waals surface area (Å²) >= 11 is 3.27. The number of hydrogen-bond acceptors (Lipinski definition) is 5. The third kappa shape index (κ3) is 5.25. The minimum atomic E-state index is -1.08. The van der Waals surface area contributed by atoms with Crippen molar-refractivity contribution in [2.24, 2.45) is 11.8 Å². The number of carbonyl (C=O) groups is 2. The van der Waals surface area contributed by atoms with Crippen molar-refractivity contribution < 1.29 is 24.4 Å². The molecule has 1 aromatic rings. The van der Waals surface area contributed by atoms with Gasteiger partial charge in [-0.2, -0.15) is 0 Å². The van der Waals surface area contributed by atoms with E-state index in [0.717, 1.165) is 4.47 Å². The number of carboxylic acid groups (broad SMARTS) is 1. The van der Waals surface area contributed by atoms with Gasteiger partial charge in [0.05, 0.1) is 16.8 Å². The van der Waals surface area contributed by atoms with Crippen LogP contribution in [-0.4, -0.2) is 28.6 Å². The van der Waals surface area contributed by atoms with E-state index in [-0.39, 0.29) is 18.5 Å². The molecule has 0 saturated heterocycles. The summed E-state index contributed by atoms with van der Waals surface area (Å²) < 4.78 is 5.86. The Morgan fingerprint density at radius 2 is 1.84 bits per heavy atom. The fourth-order valence-electron chi connectivity index (χ4n) is 2.50. The summed E-state index contributed by atoms with van der Waals surface area (Å²) in [6.07, 6.45) is 5.23. The highest BCUT2D eigenvalue weighted by Gasteiger charge is 2.35. The number of nitrogens with zero attached hydrogens (tertiary/aromatic N) is 1. The first-order valence-corrected chi connectivity index (χ1v) is 8.32. The van der Waals surface area contributed by atoms with Gasteiger partial charge in [0.25, 0.3) is 5.70 Å². The Balaban J connectivity index is 2.06. The van der Waals surface area contributed by atoms with Crippen molar-refractivity contribution in [1.29, 1.82) is 0 Å². The van der Waals surface area contributed by atoms with Gasteiger partial charge in [0, 0.05) is 10.5 Å². The third-order valence-electron chi connectivity index (χ3n) is 3.85. The van der Waals surface area contributed by atoms with Gasteiger partial charge in [0.1, 0.15) is 0 Å². The Morgan fingerprint density at radius 1 is 1.24 bits per heavy atom. The quantitative estimate of drug-likeness (QED) is 0.334. The number of nitro groups is 1. The number of aliphatic carboxylic acids is 1. The fraction of sp³-hybridized carbons (Fsp3) is 0.294. The lowest BCUT2D eigenvalue weighted by Crippen LogP contribution is -2.32. The monoisotopic (exact) mass is 409 g/mol. The lowest BCUT2D eigenvalue weighted by Gasteiger charge is -2.23. The first-order chi connectivity index (χ1) is 11.9. The molecule has 1 aliphatic rings. The largest absolute Gasteiger partial charge is 0.481 e. The van der Waals surface area contributed by atoms with E-state index in [1.54, 1.807) is 36.4 Å². The van der Waals surface area contributed by atoms with Gasteiger partial charge in [-0.05, 0) is 30.5 Å². The van der Waals surface area contributed by atoms with Crippen LogP contribution >= 0.6 is 15.9 Å². The average molecular weight is 410 g/mol. The molecular formula is C17H16BrNO6. The minimum absolute atomic E-state index is 0.242. The molecule has 0 saturated carbocycles. The predicted molar refractivity (Wildman–Crippen MR) is 93.1 cm³/mol. The molecule has 0 aromatic heterocycles. The smallest absolute Gasteiger partial charge is 0.310 e. The van der Waals surface area contributed by atoms with Crippen molar-refractivity contribution in [3.05, 3.63) is 62.3 Å². The Bertz CT molecular complexity index is 725. The van der Waals surface area contributed by atoms with E-state index in [1.165, 1.54) is 6.08 Å². The maximum Gasteiger partial charge on any atom is 0.310 e. The maximum absolute atomic E-state index is 12.2. The van der Waals surface area contributed by atoms with Gasteiger partial charge in [0.2, 0.25) is 0 Å². The Labute approximate surface area is 152 Å². The molecule has 0 bridgehead atoms. The number of halogens is 1. The zero-order chi connectivity index (χ0) is 18.4. The van der Waals surface area contributed by atoms with Crippen LogP contribution in [0.4, 0.5) is 0 Å². The second-order valence-electron chi connectivity index (χ2n) is 5.55. The summed E-state index contributed by atoms with van der Waals surface area (Å²) in [5.41, 5.74) is 0.309. The number of carbonyl (C=O) groups excluding carboxylic acids is 1. The fourth-order valence-corrected chi connectivity index (χ4v) is 2.76. The van der Waals surface area contributed by atoms with Gasteiger partial charge in [-0.3, -0.25) is 19.7 Å². The van der Waals surface area contributed by atoms with E-state index >= 15 is 0 Å². The number of esters is 1. The normalized spacial score (nSPS) is 20.1. The lowest BCUT2D eigenvalue weighted by atomic mass is 9.83. The second kappa shape index (κ2) is 8.57. The highest BCUT2D eigenvalue weighted by atomic mass is 79.9. The number of benzene rings is 1. The van der Waals surface area contributed by atoms with Gasteiger partial charge < -0.3 is 9.84 Å². The van der Waals surface area contributed by atoms with E-state index in [4.69, 9.17) is 4.74 Å². The Hall–Kier alpha value is -2.48. The van der Waals surface area contributed by atoms with Crippen LogP contribution in [0.25, 0.3) is 6.08 Å². The molecular weight excluding hydrogens is 394 g/mol. The molecule has 0 fully saturated rings. The highest BCUT2D eigenvalue weighted by molar-refractivity contribution is 9.10. The summed E-state index contributed by atoms with van der Waals surface area (Å²) in [5, 5.41) is 20.3. The van der Waals surface area contributed by atoms with Crippen molar-refractivity contribution in [1.82, 2.24) is 0 Å². The maximum atomic E-state index is 12.2. The summed E-state index contributed by atoms with van der Waals surface area (Å²) in [7, 11) is 0. The number of rotatable bonds is 6. The van der Waals surface area contributed by atoms with Crippen LogP contribution in [-0.2, 0) is 14.3 Å². The Morgan fingerprint density at radius 3 is 2.40 bits per heavy atom. The zero-order valence-electron chi connectivity index (χ0n) is 13.1. The predicted octanol–water partition coefficient (Wildman–Crippen LogP) is 3.28. The molecule has 25 heavy (non-hydrogen) atoms. The number of hydrogen-bond donors (Lipinski definition) is 1. The van der Waals surface area contributed by atoms with E-state index in [2.05, 4.69) is 15.9 Å². The highest BCUT2D eigenvalue weighted by Crippen LogP contribution is 2.27. The molecule has 2 atom stereocenters. The van der Waals surface area contributed by atoms with E-state index < -0.39 is 35.3 Å². The molecule has 1 N–H and O–H groups in total. The van der Waals surface area contributed by atoms with Crippen LogP contribution in [0.1, 0.15) is 18.4 Å². The van der Waals surface area contributed by atoms with Crippen molar-refractivity contribution >= 4 is 33.9 Å². The summed E-state index contributed by atoms with van der Waals surface area (Å²) in [6.45, 7) is -0.519. The van der Waals surface area contributed by atoms with Crippen LogP contribution < -0.4 is 0 Å². The summed E-state index contributed by atoms with van der Waals surface area (Å²) in [5.74, 6) is -3.51. The van der Waals surface area contributed by atoms with Crippen molar-refractivity contribution in [2.75, 3.05) is 6.61 Å². The average Bonchev–Trinajstić information content (AvgIpc) is 2.59. The molecule has 2 rings (SSSR count). The molecule has 0 aliphatic heterocycles. The van der Waals surface area contributed by atoms with Gasteiger partial charge in [-0.25, -0.2) is 0 Å². The van der Waals surface area contributed by atoms with Gasteiger partial charge in [-0.1, -0.05) is 40.2 Å². The minimum Gasteiger partial charge on any atom is -0.481 e. The molecule has 0 radical (unpaired) electrons. The van der Waals surface area contributed by atoms with E-state index in [9.17, 15) is 24.8 Å².